The highest BCUT2D eigenvalue weighted by Gasteiger charge is 2.03. The maximum Gasteiger partial charge on any atom is 0.330 e. The van der Waals surface area contributed by atoms with Gasteiger partial charge >= 0.3 is 5.97 Å². The van der Waals surface area contributed by atoms with Gasteiger partial charge in [-0.2, -0.15) is 0 Å². The molecule has 1 N–H and O–H groups in total. The van der Waals surface area contributed by atoms with E-state index in [4.69, 9.17) is 5.11 Å². The van der Waals surface area contributed by atoms with Gasteiger partial charge in [-0.3, -0.25) is 0 Å². The van der Waals surface area contributed by atoms with E-state index >= 15 is 0 Å². The molecule has 0 saturated heterocycles. The number of aliphatic hydroxyl groups excluding tert-OH is 1. The van der Waals surface area contributed by atoms with Crippen molar-refractivity contribution in [3.8, 4) is 0 Å². The lowest BCUT2D eigenvalue weighted by Gasteiger charge is -2.05. The van der Waals surface area contributed by atoms with Gasteiger partial charge in [0.2, 0.25) is 6.08 Å². The summed E-state index contributed by atoms with van der Waals surface area (Å²) >= 11 is 0. The molecule has 0 amide bonds. The second-order valence-electron chi connectivity index (χ2n) is 2.25. The third-order valence-corrected chi connectivity index (χ3v) is 1.23. The van der Waals surface area contributed by atoms with Crippen LogP contribution in [-0.4, -0.2) is 36.4 Å². The van der Waals surface area contributed by atoms with E-state index in [2.05, 4.69) is 16.3 Å². The first-order valence-corrected chi connectivity index (χ1v) is 3.71. The number of nitrogens with zero attached hydrogens (tertiary/aromatic N) is 1. The number of hydrogen-bond acceptors (Lipinski definition) is 5. The molecule has 0 bridgehead atoms. The molecule has 0 heterocycles. The Balaban J connectivity index is 3.46. The summed E-state index contributed by atoms with van der Waals surface area (Å²) in [5.74, 6) is -0.536. The minimum absolute atomic E-state index is 0.0187. The van der Waals surface area contributed by atoms with Gasteiger partial charge in [-0.05, 0) is 0 Å². The van der Waals surface area contributed by atoms with Gasteiger partial charge in [-0.15, -0.1) is 0 Å². The van der Waals surface area contributed by atoms with Crippen LogP contribution >= 0.6 is 0 Å². The fraction of sp³-hybridized carbons (Fsp3) is 0.500. The van der Waals surface area contributed by atoms with Gasteiger partial charge in [0, 0.05) is 12.5 Å². The summed E-state index contributed by atoms with van der Waals surface area (Å²) in [4.78, 5) is 23.3. The SMILES string of the molecule is C=CC(=O)OCCC(O)CN=C=O. The molecule has 13 heavy (non-hydrogen) atoms. The van der Waals surface area contributed by atoms with Gasteiger partial charge in [0.1, 0.15) is 0 Å². The van der Waals surface area contributed by atoms with Crippen LogP contribution in [0.15, 0.2) is 17.6 Å². The van der Waals surface area contributed by atoms with Crippen LogP contribution in [0.2, 0.25) is 0 Å². The fourth-order valence-corrected chi connectivity index (χ4v) is 0.588. The lowest BCUT2D eigenvalue weighted by Crippen LogP contribution is -2.15. The monoisotopic (exact) mass is 185 g/mol. The Morgan fingerprint density at radius 2 is 2.46 bits per heavy atom. The number of rotatable bonds is 6. The van der Waals surface area contributed by atoms with Crippen molar-refractivity contribution < 1.29 is 19.4 Å². The van der Waals surface area contributed by atoms with Crippen LogP contribution in [0.5, 0.6) is 0 Å². The van der Waals surface area contributed by atoms with E-state index in [0.717, 1.165) is 6.08 Å². The molecule has 0 spiro atoms. The summed E-state index contributed by atoms with van der Waals surface area (Å²) in [6.45, 7) is 3.27. The minimum atomic E-state index is -0.779. The second-order valence-corrected chi connectivity index (χ2v) is 2.25. The first-order valence-electron chi connectivity index (χ1n) is 3.71. The van der Waals surface area contributed by atoms with Crippen LogP contribution in [0.3, 0.4) is 0 Å². The molecule has 0 aromatic rings. The third kappa shape index (κ3) is 6.93. The third-order valence-electron chi connectivity index (χ3n) is 1.23. The zero-order chi connectivity index (χ0) is 10.1. The van der Waals surface area contributed by atoms with Crippen molar-refractivity contribution in [2.24, 2.45) is 4.99 Å². The van der Waals surface area contributed by atoms with Crippen LogP contribution in [0.4, 0.5) is 0 Å². The number of hydrogen-bond donors (Lipinski definition) is 1. The van der Waals surface area contributed by atoms with Crippen LogP contribution in [0, 0.1) is 0 Å². The van der Waals surface area contributed by atoms with Gasteiger partial charge < -0.3 is 9.84 Å². The van der Waals surface area contributed by atoms with Crippen molar-refractivity contribution in [2.75, 3.05) is 13.2 Å². The van der Waals surface area contributed by atoms with E-state index in [-0.39, 0.29) is 19.6 Å². The molecule has 5 heteroatoms. The number of carbonyl (C=O) groups is 1. The summed E-state index contributed by atoms with van der Waals surface area (Å²) in [6.07, 6.45) is 1.80. The Hall–Kier alpha value is -1.45. The number of ether oxygens (including phenoxy) is 1. The smallest absolute Gasteiger partial charge is 0.330 e. The first kappa shape index (κ1) is 11.6. The summed E-state index contributed by atoms with van der Waals surface area (Å²) < 4.78 is 4.58. The molecule has 0 fully saturated rings. The number of esters is 1. The summed E-state index contributed by atoms with van der Waals surface area (Å²) in [5, 5.41) is 9.08. The van der Waals surface area contributed by atoms with Gasteiger partial charge in [-0.1, -0.05) is 6.58 Å². The molecular formula is C8H11NO4. The molecule has 0 aliphatic rings. The molecule has 1 atom stereocenters. The Labute approximate surface area is 75.7 Å². The number of carbonyl (C=O) groups excluding carboxylic acids is 2. The lowest BCUT2D eigenvalue weighted by molar-refractivity contribution is -0.138. The Morgan fingerprint density at radius 1 is 1.77 bits per heavy atom. The van der Waals surface area contributed by atoms with E-state index in [1.165, 1.54) is 6.08 Å². The summed E-state index contributed by atoms with van der Waals surface area (Å²) in [7, 11) is 0. The molecule has 0 aliphatic carbocycles. The van der Waals surface area contributed by atoms with Crippen molar-refractivity contribution in [2.45, 2.75) is 12.5 Å². The average molecular weight is 185 g/mol. The van der Waals surface area contributed by atoms with E-state index < -0.39 is 12.1 Å². The molecule has 72 valence electrons. The molecule has 0 radical (unpaired) electrons. The maximum atomic E-state index is 10.5. The average Bonchev–Trinajstić information content (AvgIpc) is 2.14. The number of aliphatic imine (C=N–C) groups is 1. The van der Waals surface area contributed by atoms with Gasteiger partial charge in [-0.25, -0.2) is 14.6 Å². The minimum Gasteiger partial charge on any atom is -0.462 e. The van der Waals surface area contributed by atoms with Crippen LogP contribution in [0.25, 0.3) is 0 Å². The standard InChI is InChI=1S/C8H11NO4/c1-2-8(12)13-4-3-7(11)5-9-6-10/h2,7,11H,1,3-5H2. The van der Waals surface area contributed by atoms with Gasteiger partial charge in [0.25, 0.3) is 0 Å². The molecule has 5 nitrogen and oxygen atoms in total. The largest absolute Gasteiger partial charge is 0.462 e. The zero-order valence-corrected chi connectivity index (χ0v) is 7.10. The first-order chi connectivity index (χ1) is 6.20. The van der Waals surface area contributed by atoms with Crippen LogP contribution < -0.4 is 0 Å². The maximum absolute atomic E-state index is 10.5. The van der Waals surface area contributed by atoms with Crippen molar-refractivity contribution in [1.82, 2.24) is 0 Å². The van der Waals surface area contributed by atoms with Crippen molar-refractivity contribution >= 4 is 12.0 Å². The topological polar surface area (TPSA) is 76.0 Å². The molecule has 0 aromatic heterocycles. The van der Waals surface area contributed by atoms with Crippen LogP contribution in [0.1, 0.15) is 6.42 Å². The molecule has 0 aliphatic heterocycles. The second kappa shape index (κ2) is 7.21. The molecule has 1 unspecified atom stereocenters. The number of aliphatic hydroxyl groups is 1. The molecule has 0 aromatic carbocycles. The van der Waals surface area contributed by atoms with Crippen LogP contribution in [-0.2, 0) is 14.3 Å². The van der Waals surface area contributed by atoms with Crippen molar-refractivity contribution in [1.29, 1.82) is 0 Å². The van der Waals surface area contributed by atoms with E-state index in [1.54, 1.807) is 0 Å². The number of isocyanates is 1. The van der Waals surface area contributed by atoms with Gasteiger partial charge in [0.15, 0.2) is 0 Å². The predicted octanol–water partition coefficient (Wildman–Crippen LogP) is -0.198. The Morgan fingerprint density at radius 3 is 3.00 bits per heavy atom. The molecule has 0 saturated carbocycles. The van der Waals surface area contributed by atoms with E-state index in [0.29, 0.717) is 0 Å². The highest BCUT2D eigenvalue weighted by atomic mass is 16.5. The summed E-state index contributed by atoms with van der Waals surface area (Å²) in [6, 6.07) is 0. The zero-order valence-electron chi connectivity index (χ0n) is 7.10. The van der Waals surface area contributed by atoms with Crippen molar-refractivity contribution in [3.05, 3.63) is 12.7 Å². The highest BCUT2D eigenvalue weighted by molar-refractivity contribution is 5.81. The van der Waals surface area contributed by atoms with Gasteiger partial charge in [0.05, 0.1) is 19.3 Å². The molecular weight excluding hydrogens is 174 g/mol. The predicted molar refractivity (Wildman–Crippen MR) is 44.8 cm³/mol. The van der Waals surface area contributed by atoms with E-state index in [9.17, 15) is 9.59 Å². The normalized spacial score (nSPS) is 11.2. The quantitative estimate of drug-likeness (QED) is 0.269. The van der Waals surface area contributed by atoms with E-state index in [1.807, 2.05) is 0 Å². The summed E-state index contributed by atoms with van der Waals surface area (Å²) in [5.41, 5.74) is 0. The van der Waals surface area contributed by atoms with Crippen molar-refractivity contribution in [3.63, 3.8) is 0 Å². The fourth-order valence-electron chi connectivity index (χ4n) is 0.588. The molecule has 0 rings (SSSR count). The highest BCUT2D eigenvalue weighted by Crippen LogP contribution is 1.93. The Bertz CT molecular complexity index is 220. The Kier molecular flexibility index (Phi) is 6.41. The lowest BCUT2D eigenvalue weighted by atomic mass is 10.3.